The molecule has 2 atom stereocenters. The van der Waals surface area contributed by atoms with Gasteiger partial charge in [-0.1, -0.05) is 11.6 Å². The maximum Gasteiger partial charge on any atom is 0.341 e. The van der Waals surface area contributed by atoms with E-state index in [4.69, 9.17) is 32.8 Å². The number of nitrogens with zero attached hydrogens (tertiary/aromatic N) is 1. The molecule has 1 saturated carbocycles. The van der Waals surface area contributed by atoms with Gasteiger partial charge in [-0.05, 0) is 19.8 Å². The highest BCUT2D eigenvalue weighted by molar-refractivity contribution is 6.25. The van der Waals surface area contributed by atoms with Gasteiger partial charge in [-0.15, -0.1) is 23.2 Å². The van der Waals surface area contributed by atoms with Crippen LogP contribution in [0.4, 0.5) is 0 Å². The van der Waals surface area contributed by atoms with E-state index < -0.39 is 5.97 Å². The summed E-state index contributed by atoms with van der Waals surface area (Å²) in [5.74, 6) is -1.00. The van der Waals surface area contributed by atoms with Gasteiger partial charge in [-0.3, -0.25) is 0 Å². The van der Waals surface area contributed by atoms with Crippen LogP contribution in [0.2, 0.25) is 0 Å². The van der Waals surface area contributed by atoms with Gasteiger partial charge in [-0.2, -0.15) is 0 Å². The molecule has 6 heteroatoms. The fourth-order valence-electron chi connectivity index (χ4n) is 2.31. The topological polar surface area (TPSA) is 63.3 Å². The van der Waals surface area contributed by atoms with Crippen LogP contribution in [0, 0.1) is 6.92 Å². The summed E-state index contributed by atoms with van der Waals surface area (Å²) < 4.78 is 4.96. The quantitative estimate of drug-likeness (QED) is 0.844. The summed E-state index contributed by atoms with van der Waals surface area (Å²) in [6.45, 7) is 1.58. The number of carbonyl (C=O) groups is 1. The molecule has 1 heterocycles. The molecule has 0 amide bonds. The number of aromatic nitrogens is 1. The summed E-state index contributed by atoms with van der Waals surface area (Å²) in [6.07, 6.45) is 2.60. The summed E-state index contributed by atoms with van der Waals surface area (Å²) >= 11 is 12.5. The van der Waals surface area contributed by atoms with E-state index in [2.05, 4.69) is 5.16 Å². The van der Waals surface area contributed by atoms with Gasteiger partial charge in [0.05, 0.1) is 0 Å². The van der Waals surface area contributed by atoms with Crippen LogP contribution in [-0.2, 0) is 0 Å². The van der Waals surface area contributed by atoms with E-state index in [0.29, 0.717) is 11.5 Å². The number of hydrogen-bond donors (Lipinski definition) is 1. The predicted octanol–water partition coefficient (Wildman–Crippen LogP) is 3.16. The van der Waals surface area contributed by atoms with Crippen molar-refractivity contribution in [2.75, 3.05) is 0 Å². The lowest BCUT2D eigenvalue weighted by molar-refractivity contribution is 0.0693. The molecule has 1 aromatic heterocycles. The van der Waals surface area contributed by atoms with Crippen LogP contribution in [0.25, 0.3) is 0 Å². The van der Waals surface area contributed by atoms with Crippen molar-refractivity contribution in [1.29, 1.82) is 0 Å². The second-order valence-corrected chi connectivity index (χ2v) is 5.41. The van der Waals surface area contributed by atoms with E-state index in [1.807, 2.05) is 0 Å². The van der Waals surface area contributed by atoms with Crippen molar-refractivity contribution in [1.82, 2.24) is 5.16 Å². The van der Waals surface area contributed by atoms with Crippen LogP contribution in [0.3, 0.4) is 0 Å². The summed E-state index contributed by atoms with van der Waals surface area (Å²) in [5, 5.41) is 12.6. The zero-order valence-electron chi connectivity index (χ0n) is 9.32. The SMILES string of the molecule is Cc1onc(C2C(Cl)CCCC2Cl)c1C(=O)O. The molecule has 0 aromatic carbocycles. The van der Waals surface area contributed by atoms with Crippen molar-refractivity contribution in [2.45, 2.75) is 42.9 Å². The lowest BCUT2D eigenvalue weighted by Gasteiger charge is -2.30. The Kier molecular flexibility index (Phi) is 3.64. The summed E-state index contributed by atoms with van der Waals surface area (Å²) in [6, 6.07) is 0. The number of rotatable bonds is 2. The molecule has 94 valence electrons. The van der Waals surface area contributed by atoms with E-state index in [-0.39, 0.29) is 22.2 Å². The van der Waals surface area contributed by atoms with Crippen molar-refractivity contribution in [3.05, 3.63) is 17.0 Å². The second kappa shape index (κ2) is 4.86. The smallest absolute Gasteiger partial charge is 0.341 e. The maximum absolute atomic E-state index is 11.2. The summed E-state index contributed by atoms with van der Waals surface area (Å²) in [7, 11) is 0. The highest BCUT2D eigenvalue weighted by Crippen LogP contribution is 2.40. The van der Waals surface area contributed by atoms with Gasteiger partial charge >= 0.3 is 5.97 Å². The van der Waals surface area contributed by atoms with Gasteiger partial charge in [0.2, 0.25) is 0 Å². The van der Waals surface area contributed by atoms with Crippen molar-refractivity contribution < 1.29 is 14.4 Å². The number of hydrogen-bond acceptors (Lipinski definition) is 3. The third-order valence-corrected chi connectivity index (χ3v) is 4.14. The first-order chi connectivity index (χ1) is 8.02. The lowest BCUT2D eigenvalue weighted by Crippen LogP contribution is -2.29. The first-order valence-electron chi connectivity index (χ1n) is 5.50. The molecule has 1 aromatic rings. The standard InChI is InChI=1S/C11H13Cl2NO3/c1-5-8(11(15)16)10(14-17-5)9-6(12)3-2-4-7(9)13/h6-7,9H,2-4H2,1H3,(H,15,16). The Bertz CT molecular complexity index is 422. The van der Waals surface area contributed by atoms with Crippen LogP contribution in [0.5, 0.6) is 0 Å². The zero-order valence-corrected chi connectivity index (χ0v) is 10.8. The average Bonchev–Trinajstić information content (AvgIpc) is 2.60. The molecule has 0 aliphatic heterocycles. The third-order valence-electron chi connectivity index (χ3n) is 3.16. The Balaban J connectivity index is 2.41. The molecule has 17 heavy (non-hydrogen) atoms. The number of carboxylic acid groups (broad SMARTS) is 1. The molecular formula is C11H13Cl2NO3. The molecule has 2 unspecified atom stereocenters. The van der Waals surface area contributed by atoms with Crippen LogP contribution >= 0.6 is 23.2 Å². The molecule has 0 radical (unpaired) electrons. The molecule has 1 aliphatic rings. The molecule has 1 fully saturated rings. The zero-order chi connectivity index (χ0) is 12.6. The van der Waals surface area contributed by atoms with Crippen LogP contribution in [0.1, 0.15) is 47.0 Å². The van der Waals surface area contributed by atoms with Crippen molar-refractivity contribution in [2.24, 2.45) is 0 Å². The first kappa shape index (κ1) is 12.7. The first-order valence-corrected chi connectivity index (χ1v) is 6.37. The number of aryl methyl sites for hydroxylation is 1. The fourth-order valence-corrected chi connectivity index (χ4v) is 3.29. The molecule has 2 rings (SSSR count). The largest absolute Gasteiger partial charge is 0.477 e. The second-order valence-electron chi connectivity index (χ2n) is 4.29. The number of carboxylic acids is 1. The number of halogens is 2. The molecule has 1 aliphatic carbocycles. The number of alkyl halides is 2. The minimum Gasteiger partial charge on any atom is -0.477 e. The van der Waals surface area contributed by atoms with E-state index in [9.17, 15) is 4.79 Å². The van der Waals surface area contributed by atoms with Gasteiger partial charge in [-0.25, -0.2) is 4.79 Å². The highest BCUT2D eigenvalue weighted by atomic mass is 35.5. The fraction of sp³-hybridized carbons (Fsp3) is 0.636. The van der Waals surface area contributed by atoms with Gasteiger partial charge in [0.1, 0.15) is 17.0 Å². The van der Waals surface area contributed by atoms with Gasteiger partial charge in [0.25, 0.3) is 0 Å². The van der Waals surface area contributed by atoms with Gasteiger partial charge in [0.15, 0.2) is 0 Å². The molecular weight excluding hydrogens is 265 g/mol. The van der Waals surface area contributed by atoms with E-state index in [1.165, 1.54) is 0 Å². The Labute approximate surface area is 109 Å². The van der Waals surface area contributed by atoms with Crippen molar-refractivity contribution in [3.63, 3.8) is 0 Å². The molecule has 0 bridgehead atoms. The van der Waals surface area contributed by atoms with Crippen LogP contribution in [0.15, 0.2) is 4.52 Å². The Morgan fingerprint density at radius 3 is 2.53 bits per heavy atom. The monoisotopic (exact) mass is 277 g/mol. The molecule has 4 nitrogen and oxygen atoms in total. The van der Waals surface area contributed by atoms with Crippen molar-refractivity contribution in [3.8, 4) is 0 Å². The van der Waals surface area contributed by atoms with Gasteiger partial charge < -0.3 is 9.63 Å². The van der Waals surface area contributed by atoms with Crippen molar-refractivity contribution >= 4 is 29.2 Å². The highest BCUT2D eigenvalue weighted by Gasteiger charge is 2.38. The van der Waals surface area contributed by atoms with E-state index in [0.717, 1.165) is 19.3 Å². The Hall–Kier alpha value is -0.740. The maximum atomic E-state index is 11.2. The summed E-state index contributed by atoms with van der Waals surface area (Å²) in [4.78, 5) is 11.2. The van der Waals surface area contributed by atoms with Crippen LogP contribution in [-0.4, -0.2) is 27.0 Å². The molecule has 1 N–H and O–H groups in total. The average molecular weight is 278 g/mol. The normalized spacial score (nSPS) is 29.2. The molecule has 0 saturated heterocycles. The van der Waals surface area contributed by atoms with Gasteiger partial charge in [0, 0.05) is 16.7 Å². The predicted molar refractivity (Wildman–Crippen MR) is 64.1 cm³/mol. The minimum absolute atomic E-state index is 0.105. The van der Waals surface area contributed by atoms with Crippen LogP contribution < -0.4 is 0 Å². The Morgan fingerprint density at radius 1 is 1.41 bits per heavy atom. The lowest BCUT2D eigenvalue weighted by atomic mass is 9.84. The Morgan fingerprint density at radius 2 is 2.00 bits per heavy atom. The van der Waals surface area contributed by atoms with E-state index >= 15 is 0 Å². The third kappa shape index (κ3) is 2.29. The summed E-state index contributed by atoms with van der Waals surface area (Å²) in [5.41, 5.74) is 0.489. The minimum atomic E-state index is -1.04. The molecule has 0 spiro atoms. The number of aromatic carboxylic acids is 1. The van der Waals surface area contributed by atoms with E-state index in [1.54, 1.807) is 6.92 Å².